The predicted octanol–water partition coefficient (Wildman–Crippen LogP) is 1.99. The van der Waals surface area contributed by atoms with Gasteiger partial charge in [-0.1, -0.05) is 6.92 Å². The van der Waals surface area contributed by atoms with Crippen molar-refractivity contribution in [2.75, 3.05) is 13.1 Å². The van der Waals surface area contributed by atoms with Gasteiger partial charge in [-0.05, 0) is 48.9 Å². The molecule has 1 aromatic carbocycles. The summed E-state index contributed by atoms with van der Waals surface area (Å²) in [5.74, 6) is 0.682. The number of aromatic nitrogens is 1. The Morgan fingerprint density at radius 1 is 1.48 bits per heavy atom. The fraction of sp³-hybridized carbons (Fsp3) is 0.471. The van der Waals surface area contributed by atoms with Gasteiger partial charge in [0.15, 0.2) is 0 Å². The van der Waals surface area contributed by atoms with Crippen molar-refractivity contribution in [1.29, 1.82) is 0 Å². The van der Waals surface area contributed by atoms with Crippen molar-refractivity contribution in [1.82, 2.24) is 9.88 Å². The van der Waals surface area contributed by atoms with E-state index in [1.54, 1.807) is 0 Å². The molecule has 1 aromatic heterocycles. The largest absolute Gasteiger partial charge is 0.351 e. The van der Waals surface area contributed by atoms with E-state index < -0.39 is 0 Å². The summed E-state index contributed by atoms with van der Waals surface area (Å²) in [7, 11) is 2.13. The molecule has 1 unspecified atom stereocenters. The number of hydrogen-bond acceptors (Lipinski definition) is 2. The maximum Gasteiger partial charge on any atom is 0.251 e. The minimum Gasteiger partial charge on any atom is -0.351 e. The summed E-state index contributed by atoms with van der Waals surface area (Å²) >= 11 is 0. The highest BCUT2D eigenvalue weighted by Gasteiger charge is 2.22. The monoisotopic (exact) mass is 285 g/mol. The zero-order chi connectivity index (χ0) is 15.0. The molecule has 4 nitrogen and oxygen atoms in total. The van der Waals surface area contributed by atoms with Gasteiger partial charge in [-0.2, -0.15) is 0 Å². The van der Waals surface area contributed by atoms with Crippen molar-refractivity contribution in [2.24, 2.45) is 18.7 Å². The molecule has 0 fully saturated rings. The zero-order valence-corrected chi connectivity index (χ0v) is 12.8. The number of nitrogens with zero attached hydrogens (tertiary/aromatic N) is 1. The van der Waals surface area contributed by atoms with E-state index in [1.165, 1.54) is 28.6 Å². The molecule has 3 rings (SSSR count). The Hall–Kier alpha value is -1.81. The molecular formula is C17H23N3O. The van der Waals surface area contributed by atoms with E-state index in [-0.39, 0.29) is 5.91 Å². The Kier molecular flexibility index (Phi) is 3.72. The molecule has 1 aliphatic carbocycles. The summed E-state index contributed by atoms with van der Waals surface area (Å²) in [5, 5.41) is 4.07. The third kappa shape index (κ3) is 2.44. The van der Waals surface area contributed by atoms with E-state index in [2.05, 4.69) is 29.9 Å². The van der Waals surface area contributed by atoms with Gasteiger partial charge in [0.05, 0.1) is 0 Å². The lowest BCUT2D eigenvalue weighted by Gasteiger charge is -2.19. The average Bonchev–Trinajstić information content (AvgIpc) is 2.77. The number of nitrogens with one attached hydrogen (secondary N) is 1. The van der Waals surface area contributed by atoms with Crippen molar-refractivity contribution in [2.45, 2.75) is 26.2 Å². The molecule has 0 saturated heterocycles. The fourth-order valence-electron chi connectivity index (χ4n) is 3.38. The third-order valence-corrected chi connectivity index (χ3v) is 4.55. The molecule has 2 aromatic rings. The van der Waals surface area contributed by atoms with Gasteiger partial charge in [0.1, 0.15) is 0 Å². The molecule has 1 aliphatic rings. The molecule has 0 bridgehead atoms. The van der Waals surface area contributed by atoms with Crippen LogP contribution in [0, 0.1) is 5.92 Å². The van der Waals surface area contributed by atoms with Crippen LogP contribution in [0.15, 0.2) is 18.2 Å². The van der Waals surface area contributed by atoms with Gasteiger partial charge in [0, 0.05) is 42.3 Å². The van der Waals surface area contributed by atoms with Gasteiger partial charge in [-0.3, -0.25) is 4.79 Å². The maximum atomic E-state index is 12.1. The number of aryl methyl sites for hydroxylation is 1. The number of carbonyl (C=O) groups is 1. The second kappa shape index (κ2) is 5.53. The highest BCUT2D eigenvalue weighted by atomic mass is 16.1. The quantitative estimate of drug-likeness (QED) is 0.906. The molecule has 0 spiro atoms. The summed E-state index contributed by atoms with van der Waals surface area (Å²) in [6.45, 7) is 3.28. The van der Waals surface area contributed by atoms with Crippen LogP contribution in [0.4, 0.5) is 0 Å². The molecule has 0 radical (unpaired) electrons. The van der Waals surface area contributed by atoms with Crippen LogP contribution >= 0.6 is 0 Å². The molecular weight excluding hydrogens is 262 g/mol. The Balaban J connectivity index is 2.05. The van der Waals surface area contributed by atoms with Crippen molar-refractivity contribution in [3.05, 3.63) is 35.0 Å². The van der Waals surface area contributed by atoms with Crippen molar-refractivity contribution < 1.29 is 4.79 Å². The Morgan fingerprint density at radius 2 is 2.29 bits per heavy atom. The van der Waals surface area contributed by atoms with Crippen LogP contribution in [0.5, 0.6) is 0 Å². The fourth-order valence-corrected chi connectivity index (χ4v) is 3.38. The third-order valence-electron chi connectivity index (χ3n) is 4.55. The molecule has 1 amide bonds. The lowest BCUT2D eigenvalue weighted by atomic mass is 9.87. The number of benzene rings is 1. The Morgan fingerprint density at radius 3 is 3.05 bits per heavy atom. The standard InChI is InChI=1S/C17H23N3O/c1-11-3-5-15-13(9-11)14-10-12(17(21)19-8-7-18)4-6-16(14)20(15)2/h4,6,10-11H,3,5,7-9,18H2,1-2H3,(H,19,21). The number of nitrogens with two attached hydrogens (primary N) is 1. The second-order valence-electron chi connectivity index (χ2n) is 6.11. The topological polar surface area (TPSA) is 60.1 Å². The number of amides is 1. The molecule has 3 N–H and O–H groups in total. The van der Waals surface area contributed by atoms with Gasteiger partial charge < -0.3 is 15.6 Å². The zero-order valence-electron chi connectivity index (χ0n) is 12.8. The first kappa shape index (κ1) is 14.1. The second-order valence-corrected chi connectivity index (χ2v) is 6.11. The van der Waals surface area contributed by atoms with Gasteiger partial charge >= 0.3 is 0 Å². The minimum atomic E-state index is -0.0381. The average molecular weight is 285 g/mol. The molecule has 0 aliphatic heterocycles. The highest BCUT2D eigenvalue weighted by molar-refractivity contribution is 5.99. The SMILES string of the molecule is CC1CCc2c(c3cc(C(=O)NCCN)ccc3n2C)C1. The maximum absolute atomic E-state index is 12.1. The van der Waals surface area contributed by atoms with Crippen molar-refractivity contribution >= 4 is 16.8 Å². The van der Waals surface area contributed by atoms with Crippen molar-refractivity contribution in [3.63, 3.8) is 0 Å². The smallest absolute Gasteiger partial charge is 0.251 e. The van der Waals surface area contributed by atoms with Crippen LogP contribution in [-0.4, -0.2) is 23.6 Å². The molecule has 1 atom stereocenters. The van der Waals surface area contributed by atoms with E-state index in [9.17, 15) is 4.79 Å². The lowest BCUT2D eigenvalue weighted by Crippen LogP contribution is -2.28. The van der Waals surface area contributed by atoms with E-state index in [4.69, 9.17) is 5.73 Å². The molecule has 112 valence electrons. The van der Waals surface area contributed by atoms with Gasteiger partial charge in [0.25, 0.3) is 5.91 Å². The van der Waals surface area contributed by atoms with Crippen LogP contribution in [0.25, 0.3) is 10.9 Å². The molecule has 1 heterocycles. The van der Waals surface area contributed by atoms with E-state index in [0.29, 0.717) is 13.1 Å². The van der Waals surface area contributed by atoms with E-state index in [1.807, 2.05) is 12.1 Å². The van der Waals surface area contributed by atoms with E-state index >= 15 is 0 Å². The first-order valence-electron chi connectivity index (χ1n) is 7.70. The number of fused-ring (bicyclic) bond motifs is 3. The number of carbonyl (C=O) groups excluding carboxylic acids is 1. The Labute approximate surface area is 125 Å². The summed E-state index contributed by atoms with van der Waals surface area (Å²) < 4.78 is 2.29. The number of rotatable bonds is 3. The van der Waals surface area contributed by atoms with Gasteiger partial charge in [0.2, 0.25) is 0 Å². The normalized spacial score (nSPS) is 17.8. The van der Waals surface area contributed by atoms with Crippen LogP contribution in [-0.2, 0) is 19.9 Å². The summed E-state index contributed by atoms with van der Waals surface area (Å²) in [6.07, 6.45) is 3.50. The van der Waals surface area contributed by atoms with Crippen molar-refractivity contribution in [3.8, 4) is 0 Å². The van der Waals surface area contributed by atoms with Crippen LogP contribution in [0.1, 0.15) is 35.0 Å². The van der Waals surface area contributed by atoms with Crippen LogP contribution in [0.3, 0.4) is 0 Å². The highest BCUT2D eigenvalue weighted by Crippen LogP contribution is 2.34. The number of hydrogen-bond donors (Lipinski definition) is 2. The van der Waals surface area contributed by atoms with Gasteiger partial charge in [-0.25, -0.2) is 0 Å². The summed E-state index contributed by atoms with van der Waals surface area (Å²) in [5.41, 5.74) is 10.3. The van der Waals surface area contributed by atoms with E-state index in [0.717, 1.165) is 24.3 Å². The lowest BCUT2D eigenvalue weighted by molar-refractivity contribution is 0.0955. The first-order valence-corrected chi connectivity index (χ1v) is 7.70. The molecule has 0 saturated carbocycles. The molecule has 21 heavy (non-hydrogen) atoms. The minimum absolute atomic E-state index is 0.0381. The van der Waals surface area contributed by atoms with Crippen LogP contribution in [0.2, 0.25) is 0 Å². The van der Waals surface area contributed by atoms with Gasteiger partial charge in [-0.15, -0.1) is 0 Å². The summed E-state index contributed by atoms with van der Waals surface area (Å²) in [6, 6.07) is 6.01. The molecule has 4 heteroatoms. The van der Waals surface area contributed by atoms with Crippen LogP contribution < -0.4 is 11.1 Å². The Bertz CT molecular complexity index is 687. The first-order chi connectivity index (χ1) is 10.1. The predicted molar refractivity (Wildman–Crippen MR) is 85.5 cm³/mol. The summed E-state index contributed by atoms with van der Waals surface area (Å²) in [4.78, 5) is 12.1.